The zero-order chi connectivity index (χ0) is 22.4. The Bertz CT molecular complexity index is 1230. The van der Waals surface area contributed by atoms with Gasteiger partial charge < -0.3 is 28.6 Å². The van der Waals surface area contributed by atoms with Crippen molar-refractivity contribution in [1.29, 1.82) is 0 Å². The van der Waals surface area contributed by atoms with E-state index in [0.29, 0.717) is 50.8 Å². The average Bonchev–Trinajstić information content (AvgIpc) is 3.56. The van der Waals surface area contributed by atoms with Crippen LogP contribution in [0.15, 0.2) is 42.5 Å². The maximum absolute atomic E-state index is 13.1. The summed E-state index contributed by atoms with van der Waals surface area (Å²) in [6.07, 6.45) is 0.337. The molecule has 3 aliphatic heterocycles. The van der Waals surface area contributed by atoms with E-state index < -0.39 is 0 Å². The minimum Gasteiger partial charge on any atom is -0.454 e. The third-order valence-electron chi connectivity index (χ3n) is 6.50. The number of hydrogen-bond acceptors (Lipinski definition) is 6. The first-order valence-corrected chi connectivity index (χ1v) is 11.2. The second-order valence-corrected chi connectivity index (χ2v) is 8.48. The molecule has 170 valence electrons. The Morgan fingerprint density at radius 1 is 1.06 bits per heavy atom. The highest BCUT2D eigenvalue weighted by Gasteiger charge is 2.36. The maximum Gasteiger partial charge on any atom is 0.242 e. The topological polar surface area (TPSA) is 86.1 Å². The molecule has 0 aliphatic carbocycles. The Morgan fingerprint density at radius 3 is 2.76 bits per heavy atom. The van der Waals surface area contributed by atoms with Crippen LogP contribution in [0, 0.1) is 0 Å². The van der Waals surface area contributed by atoms with Crippen molar-refractivity contribution in [1.82, 2.24) is 14.5 Å². The van der Waals surface area contributed by atoms with E-state index in [4.69, 9.17) is 19.2 Å². The number of morpholine rings is 1. The lowest BCUT2D eigenvalue weighted by atomic mass is 10.1. The molecule has 2 saturated heterocycles. The number of anilines is 1. The molecule has 33 heavy (non-hydrogen) atoms. The Hall–Kier alpha value is -3.59. The van der Waals surface area contributed by atoms with Crippen LogP contribution in [-0.2, 0) is 20.9 Å². The highest BCUT2D eigenvalue weighted by Crippen LogP contribution is 2.39. The Labute approximate surface area is 190 Å². The number of fused-ring (bicyclic) bond motifs is 2. The summed E-state index contributed by atoms with van der Waals surface area (Å²) >= 11 is 0. The molecule has 3 aliphatic rings. The van der Waals surface area contributed by atoms with Crippen molar-refractivity contribution in [3.05, 3.63) is 48.3 Å². The van der Waals surface area contributed by atoms with Gasteiger partial charge in [-0.25, -0.2) is 4.98 Å². The number of benzene rings is 2. The molecule has 1 unspecified atom stereocenters. The lowest BCUT2D eigenvalue weighted by molar-refractivity contribution is -0.135. The summed E-state index contributed by atoms with van der Waals surface area (Å²) in [5, 5.41) is 0. The Kier molecular flexibility index (Phi) is 4.91. The van der Waals surface area contributed by atoms with E-state index in [1.54, 1.807) is 4.90 Å². The van der Waals surface area contributed by atoms with Crippen molar-refractivity contribution in [2.45, 2.75) is 18.9 Å². The van der Waals surface area contributed by atoms with Crippen molar-refractivity contribution in [3.63, 3.8) is 0 Å². The number of hydrogen-bond donors (Lipinski definition) is 0. The van der Waals surface area contributed by atoms with E-state index in [1.807, 2.05) is 51.9 Å². The second-order valence-electron chi connectivity index (χ2n) is 8.48. The van der Waals surface area contributed by atoms with Crippen molar-refractivity contribution in [2.24, 2.45) is 0 Å². The lowest BCUT2D eigenvalue weighted by Crippen LogP contribution is -2.42. The van der Waals surface area contributed by atoms with Crippen LogP contribution in [0.4, 0.5) is 5.69 Å². The van der Waals surface area contributed by atoms with Gasteiger partial charge in [-0.05, 0) is 24.3 Å². The first-order chi connectivity index (χ1) is 16.2. The van der Waals surface area contributed by atoms with Gasteiger partial charge in [0, 0.05) is 43.7 Å². The summed E-state index contributed by atoms with van der Waals surface area (Å²) in [5.41, 5.74) is 2.51. The van der Waals surface area contributed by atoms with Crippen molar-refractivity contribution in [2.75, 3.05) is 44.5 Å². The minimum atomic E-state index is -0.118. The largest absolute Gasteiger partial charge is 0.454 e. The monoisotopic (exact) mass is 448 g/mol. The third kappa shape index (κ3) is 3.58. The number of rotatable bonds is 4. The normalized spacial score (nSPS) is 20.1. The average molecular weight is 448 g/mol. The number of nitrogens with zero attached hydrogens (tertiary/aromatic N) is 4. The molecular weight excluding hydrogens is 424 g/mol. The van der Waals surface area contributed by atoms with Gasteiger partial charge in [-0.1, -0.05) is 12.1 Å². The molecule has 2 aromatic carbocycles. The van der Waals surface area contributed by atoms with Crippen LogP contribution in [0.5, 0.6) is 11.5 Å². The van der Waals surface area contributed by atoms with E-state index in [2.05, 4.69) is 0 Å². The maximum atomic E-state index is 13.1. The molecule has 4 heterocycles. The van der Waals surface area contributed by atoms with E-state index in [1.165, 1.54) is 0 Å². The van der Waals surface area contributed by atoms with Gasteiger partial charge in [-0.15, -0.1) is 0 Å². The van der Waals surface area contributed by atoms with E-state index >= 15 is 0 Å². The van der Waals surface area contributed by atoms with Crippen LogP contribution < -0.4 is 14.4 Å². The fourth-order valence-corrected chi connectivity index (χ4v) is 4.80. The van der Waals surface area contributed by atoms with Crippen molar-refractivity contribution in [3.8, 4) is 11.5 Å². The zero-order valence-corrected chi connectivity index (χ0v) is 18.1. The number of carbonyl (C=O) groups is 2. The molecule has 6 rings (SSSR count). The molecule has 9 heteroatoms. The number of para-hydroxylation sites is 2. The van der Waals surface area contributed by atoms with Gasteiger partial charge in [-0.3, -0.25) is 9.59 Å². The predicted octanol–water partition coefficient (Wildman–Crippen LogP) is 2.14. The molecule has 0 bridgehead atoms. The third-order valence-corrected chi connectivity index (χ3v) is 6.50. The standard InChI is InChI=1S/C24H24N4O5/c29-22-11-16(13-27(22)17-5-6-20-21(12-17)33-15-32-20)24-25-18-3-1-2-4-19(18)28(24)14-23(30)26-7-9-31-10-8-26/h1-6,12,16H,7-11,13-15H2. The van der Waals surface area contributed by atoms with Crippen LogP contribution in [-0.4, -0.2) is 65.9 Å². The molecule has 0 N–H and O–H groups in total. The fraction of sp³-hybridized carbons (Fsp3) is 0.375. The summed E-state index contributed by atoms with van der Waals surface area (Å²) in [7, 11) is 0. The van der Waals surface area contributed by atoms with Gasteiger partial charge in [0.2, 0.25) is 18.6 Å². The highest BCUT2D eigenvalue weighted by molar-refractivity contribution is 5.97. The summed E-state index contributed by atoms with van der Waals surface area (Å²) < 4.78 is 18.2. The summed E-state index contributed by atoms with van der Waals surface area (Å²) in [6.45, 7) is 3.20. The molecule has 2 fully saturated rings. The van der Waals surface area contributed by atoms with Crippen LogP contribution in [0.25, 0.3) is 11.0 Å². The molecule has 2 amide bonds. The fourth-order valence-electron chi connectivity index (χ4n) is 4.80. The van der Waals surface area contributed by atoms with Gasteiger partial charge in [0.25, 0.3) is 0 Å². The molecule has 0 spiro atoms. The molecule has 0 radical (unpaired) electrons. The summed E-state index contributed by atoms with van der Waals surface area (Å²) in [6, 6.07) is 13.3. The van der Waals surface area contributed by atoms with Gasteiger partial charge in [0.15, 0.2) is 11.5 Å². The first kappa shape index (κ1) is 20.0. The van der Waals surface area contributed by atoms with Crippen LogP contribution >= 0.6 is 0 Å². The highest BCUT2D eigenvalue weighted by atomic mass is 16.7. The first-order valence-electron chi connectivity index (χ1n) is 11.2. The Balaban J connectivity index is 1.30. The molecule has 1 atom stereocenters. The van der Waals surface area contributed by atoms with E-state index in [0.717, 1.165) is 22.5 Å². The van der Waals surface area contributed by atoms with Crippen molar-refractivity contribution < 1.29 is 23.8 Å². The molecule has 0 saturated carbocycles. The minimum absolute atomic E-state index is 0.0250. The van der Waals surface area contributed by atoms with Gasteiger partial charge in [0.05, 0.1) is 24.2 Å². The quantitative estimate of drug-likeness (QED) is 0.608. The molecular formula is C24H24N4O5. The molecule has 1 aromatic heterocycles. The van der Waals surface area contributed by atoms with Gasteiger partial charge in [0.1, 0.15) is 12.4 Å². The Morgan fingerprint density at radius 2 is 1.88 bits per heavy atom. The number of amides is 2. The predicted molar refractivity (Wildman–Crippen MR) is 119 cm³/mol. The van der Waals surface area contributed by atoms with Gasteiger partial charge in [-0.2, -0.15) is 0 Å². The number of carbonyl (C=O) groups excluding carboxylic acids is 2. The number of ether oxygens (including phenoxy) is 3. The summed E-state index contributed by atoms with van der Waals surface area (Å²) in [4.78, 5) is 34.5. The second kappa shape index (κ2) is 8.08. The van der Waals surface area contributed by atoms with Crippen LogP contribution in [0.1, 0.15) is 18.2 Å². The molecule has 9 nitrogen and oxygen atoms in total. The van der Waals surface area contributed by atoms with Crippen LogP contribution in [0.2, 0.25) is 0 Å². The number of imidazole rings is 1. The van der Waals surface area contributed by atoms with Crippen molar-refractivity contribution >= 4 is 28.5 Å². The van der Waals surface area contributed by atoms with Gasteiger partial charge >= 0.3 is 0 Å². The smallest absolute Gasteiger partial charge is 0.242 e. The molecule has 3 aromatic rings. The zero-order valence-electron chi connectivity index (χ0n) is 18.1. The number of aromatic nitrogens is 2. The SMILES string of the molecule is O=C(Cn1c(C2CC(=O)N(c3ccc4c(c3)OCO4)C2)nc2ccccc21)N1CCOCC1. The lowest BCUT2D eigenvalue weighted by Gasteiger charge is -2.27. The summed E-state index contributed by atoms with van der Waals surface area (Å²) in [5.74, 6) is 2.05. The van der Waals surface area contributed by atoms with E-state index in [-0.39, 0.29) is 31.1 Å². The van der Waals surface area contributed by atoms with Crippen LogP contribution in [0.3, 0.4) is 0 Å². The van der Waals surface area contributed by atoms with E-state index in [9.17, 15) is 9.59 Å².